The van der Waals surface area contributed by atoms with Gasteiger partial charge in [0.2, 0.25) is 5.13 Å². The Morgan fingerprint density at radius 1 is 1.11 bits per heavy atom. The van der Waals surface area contributed by atoms with E-state index < -0.39 is 17.7 Å². The number of benzene rings is 2. The minimum atomic E-state index is -0.949. The summed E-state index contributed by atoms with van der Waals surface area (Å²) in [5, 5.41) is 20.9. The van der Waals surface area contributed by atoms with E-state index in [9.17, 15) is 14.7 Å². The fourth-order valence-corrected chi connectivity index (χ4v) is 6.38. The standard InChI is InChI=1S/C26H18Cl2N4O4S2/c1-36-18-4-2-3-15(11-18)21-20(22(33)14-7-9-29-10-8-14)23(34)24(35)32(21)25-30-31-26(38-25)37-13-16-5-6-17(27)12-19(16)28/h2-12,21,33H,13H2,1H3. The van der Waals surface area contributed by atoms with Gasteiger partial charge in [-0.2, -0.15) is 0 Å². The molecule has 0 bridgehead atoms. The average Bonchev–Trinajstić information content (AvgIpc) is 3.50. The second kappa shape index (κ2) is 11.1. The zero-order valence-electron chi connectivity index (χ0n) is 19.7. The third-order valence-electron chi connectivity index (χ3n) is 5.78. The summed E-state index contributed by atoms with van der Waals surface area (Å²) in [6.07, 6.45) is 2.99. The zero-order valence-corrected chi connectivity index (χ0v) is 22.8. The van der Waals surface area contributed by atoms with Crippen molar-refractivity contribution in [1.82, 2.24) is 15.2 Å². The first-order valence-electron chi connectivity index (χ1n) is 11.1. The molecule has 0 saturated carbocycles. The van der Waals surface area contributed by atoms with Gasteiger partial charge in [0.05, 0.1) is 18.7 Å². The van der Waals surface area contributed by atoms with Crippen LogP contribution in [0.4, 0.5) is 5.13 Å². The third kappa shape index (κ3) is 5.12. The molecule has 2 aromatic carbocycles. The van der Waals surface area contributed by atoms with Gasteiger partial charge in [-0.15, -0.1) is 10.2 Å². The molecule has 1 atom stereocenters. The van der Waals surface area contributed by atoms with Crippen LogP contribution in [0, 0.1) is 0 Å². The molecule has 0 aliphatic carbocycles. The second-order valence-corrected chi connectivity index (χ2v) is 11.1. The van der Waals surface area contributed by atoms with E-state index in [2.05, 4.69) is 15.2 Å². The molecule has 1 aliphatic rings. The molecule has 8 nitrogen and oxygen atoms in total. The smallest absolute Gasteiger partial charge is 0.301 e. The molecule has 1 saturated heterocycles. The summed E-state index contributed by atoms with van der Waals surface area (Å²) >= 11 is 14.8. The highest BCUT2D eigenvalue weighted by Gasteiger charge is 2.48. The van der Waals surface area contributed by atoms with Gasteiger partial charge in [0.1, 0.15) is 11.5 Å². The highest BCUT2D eigenvalue weighted by Crippen LogP contribution is 2.44. The maximum atomic E-state index is 13.3. The molecule has 1 fully saturated rings. The number of anilines is 1. The van der Waals surface area contributed by atoms with Gasteiger partial charge in [-0.05, 0) is 47.5 Å². The van der Waals surface area contributed by atoms with E-state index in [1.807, 2.05) is 6.07 Å². The minimum absolute atomic E-state index is 0.0631. The number of ether oxygens (including phenoxy) is 1. The predicted octanol–water partition coefficient (Wildman–Crippen LogP) is 6.17. The van der Waals surface area contributed by atoms with Crippen LogP contribution in [-0.2, 0) is 15.3 Å². The van der Waals surface area contributed by atoms with Gasteiger partial charge >= 0.3 is 5.91 Å². The predicted molar refractivity (Wildman–Crippen MR) is 148 cm³/mol. The number of ketones is 1. The number of Topliss-reactive ketones (excluding diaryl/α,β-unsaturated/α-hetero) is 1. The monoisotopic (exact) mass is 584 g/mol. The van der Waals surface area contributed by atoms with Gasteiger partial charge in [-0.1, -0.05) is 64.5 Å². The van der Waals surface area contributed by atoms with Gasteiger partial charge in [0.15, 0.2) is 4.34 Å². The van der Waals surface area contributed by atoms with Crippen LogP contribution in [0.2, 0.25) is 10.0 Å². The summed E-state index contributed by atoms with van der Waals surface area (Å²) in [6, 6.07) is 14.4. The van der Waals surface area contributed by atoms with Crippen molar-refractivity contribution >= 4 is 68.9 Å². The largest absolute Gasteiger partial charge is 0.507 e. The number of halogens is 2. The molecule has 3 heterocycles. The number of methoxy groups -OCH3 is 1. The lowest BCUT2D eigenvalue weighted by Crippen LogP contribution is -2.29. The topological polar surface area (TPSA) is 106 Å². The number of aliphatic hydroxyl groups is 1. The molecule has 1 N–H and O–H groups in total. The van der Waals surface area contributed by atoms with Crippen molar-refractivity contribution in [3.8, 4) is 5.75 Å². The third-order valence-corrected chi connectivity index (χ3v) is 8.47. The Morgan fingerprint density at radius 2 is 1.89 bits per heavy atom. The molecule has 0 spiro atoms. The van der Waals surface area contributed by atoms with Gasteiger partial charge in [-0.3, -0.25) is 19.5 Å². The van der Waals surface area contributed by atoms with Gasteiger partial charge in [0.25, 0.3) is 5.78 Å². The minimum Gasteiger partial charge on any atom is -0.507 e. The lowest BCUT2D eigenvalue weighted by Gasteiger charge is -2.22. The van der Waals surface area contributed by atoms with Crippen molar-refractivity contribution in [2.45, 2.75) is 16.1 Å². The molecule has 192 valence electrons. The van der Waals surface area contributed by atoms with Crippen molar-refractivity contribution in [2.24, 2.45) is 0 Å². The summed E-state index contributed by atoms with van der Waals surface area (Å²) in [6.45, 7) is 0. The van der Waals surface area contributed by atoms with Gasteiger partial charge < -0.3 is 9.84 Å². The first-order valence-corrected chi connectivity index (χ1v) is 13.7. The van der Waals surface area contributed by atoms with Crippen LogP contribution in [0.5, 0.6) is 5.75 Å². The van der Waals surface area contributed by atoms with E-state index >= 15 is 0 Å². The maximum absolute atomic E-state index is 13.3. The number of carbonyl (C=O) groups excluding carboxylic acids is 2. The lowest BCUT2D eigenvalue weighted by molar-refractivity contribution is -0.132. The fraction of sp³-hybridized carbons (Fsp3) is 0.115. The Morgan fingerprint density at radius 3 is 2.63 bits per heavy atom. The van der Waals surface area contributed by atoms with E-state index in [0.29, 0.717) is 37.0 Å². The number of nitrogens with zero attached hydrogens (tertiary/aromatic N) is 4. The van der Waals surface area contributed by atoms with Crippen LogP contribution in [0.3, 0.4) is 0 Å². The maximum Gasteiger partial charge on any atom is 0.301 e. The van der Waals surface area contributed by atoms with Crippen LogP contribution in [-0.4, -0.2) is 39.1 Å². The van der Waals surface area contributed by atoms with E-state index in [1.165, 1.54) is 36.2 Å². The number of thioether (sulfide) groups is 1. The molecule has 1 aliphatic heterocycles. The van der Waals surface area contributed by atoms with Crippen LogP contribution in [0.15, 0.2) is 76.9 Å². The van der Waals surface area contributed by atoms with E-state index in [-0.39, 0.29) is 16.5 Å². The van der Waals surface area contributed by atoms with Crippen LogP contribution < -0.4 is 9.64 Å². The molecular weight excluding hydrogens is 567 g/mol. The zero-order chi connectivity index (χ0) is 26.8. The SMILES string of the molecule is COc1cccc(C2C(=C(O)c3ccncc3)C(=O)C(=O)N2c2nnc(SCc3ccc(Cl)cc3Cl)s2)c1. The summed E-state index contributed by atoms with van der Waals surface area (Å²) in [7, 11) is 1.52. The number of aliphatic hydroxyl groups excluding tert-OH is 1. The lowest BCUT2D eigenvalue weighted by atomic mass is 9.95. The Hall–Kier alpha value is -3.44. The van der Waals surface area contributed by atoms with Gasteiger partial charge in [0, 0.05) is 33.8 Å². The molecule has 4 aromatic rings. The molecule has 1 amide bonds. The fourth-order valence-electron chi connectivity index (χ4n) is 3.96. The van der Waals surface area contributed by atoms with Crippen LogP contribution in [0.1, 0.15) is 22.7 Å². The molecule has 38 heavy (non-hydrogen) atoms. The number of aromatic nitrogens is 3. The first-order chi connectivity index (χ1) is 18.4. The quantitative estimate of drug-likeness (QED) is 0.0903. The van der Waals surface area contributed by atoms with E-state index in [0.717, 1.165) is 16.9 Å². The Balaban J connectivity index is 1.54. The molecule has 12 heteroatoms. The van der Waals surface area contributed by atoms with Crippen molar-refractivity contribution in [3.05, 3.63) is 99.3 Å². The van der Waals surface area contributed by atoms with Crippen molar-refractivity contribution in [3.63, 3.8) is 0 Å². The highest BCUT2D eigenvalue weighted by molar-refractivity contribution is 8.00. The van der Waals surface area contributed by atoms with E-state index in [1.54, 1.807) is 48.5 Å². The molecule has 1 unspecified atom stereocenters. The van der Waals surface area contributed by atoms with Crippen molar-refractivity contribution in [2.75, 3.05) is 12.0 Å². The Bertz CT molecular complexity index is 1560. The van der Waals surface area contributed by atoms with Crippen molar-refractivity contribution < 1.29 is 19.4 Å². The number of pyridine rings is 1. The number of hydrogen-bond donors (Lipinski definition) is 1. The first kappa shape index (κ1) is 26.2. The normalized spacial score (nSPS) is 16.7. The summed E-state index contributed by atoms with van der Waals surface area (Å²) in [5.74, 6) is -0.917. The number of hydrogen-bond acceptors (Lipinski definition) is 9. The number of carbonyl (C=O) groups is 2. The van der Waals surface area contributed by atoms with Crippen molar-refractivity contribution in [1.29, 1.82) is 0 Å². The van der Waals surface area contributed by atoms with E-state index in [4.69, 9.17) is 27.9 Å². The number of rotatable bonds is 7. The summed E-state index contributed by atoms with van der Waals surface area (Å²) < 4.78 is 5.94. The number of amides is 1. The Labute approximate surface area is 235 Å². The van der Waals surface area contributed by atoms with Crippen LogP contribution >= 0.6 is 46.3 Å². The molecule has 2 aromatic heterocycles. The molecular formula is C26H18Cl2N4O4S2. The second-order valence-electron chi connectivity index (χ2n) is 8.06. The van der Waals surface area contributed by atoms with Crippen LogP contribution in [0.25, 0.3) is 5.76 Å². The molecule has 0 radical (unpaired) electrons. The summed E-state index contributed by atoms with van der Waals surface area (Å²) in [4.78, 5) is 31.9. The van der Waals surface area contributed by atoms with Gasteiger partial charge in [-0.25, -0.2) is 0 Å². The average molecular weight is 585 g/mol. The Kier molecular flexibility index (Phi) is 7.66. The highest BCUT2D eigenvalue weighted by atomic mass is 35.5. The molecule has 5 rings (SSSR count). The summed E-state index contributed by atoms with van der Waals surface area (Å²) in [5.41, 5.74) is 1.73.